The molecule has 0 unspecified atom stereocenters. The summed E-state index contributed by atoms with van der Waals surface area (Å²) in [6.45, 7) is -0.0966. The number of benzene rings is 2. The van der Waals surface area contributed by atoms with E-state index >= 15 is 0 Å². The number of aromatic nitrogens is 1. The van der Waals surface area contributed by atoms with Crippen molar-refractivity contribution >= 4 is 34.0 Å². The standard InChI is InChI=1S/C17H13ClN2O2S/c18-13-7-4-8-14(9-13)22-10-16(21)20-17-19-15(11-23-17)12-5-2-1-3-6-12/h1-9,11H,10H2,(H,19,20,21). The van der Waals surface area contributed by atoms with E-state index in [4.69, 9.17) is 16.3 Å². The van der Waals surface area contributed by atoms with Gasteiger partial charge >= 0.3 is 0 Å². The predicted molar refractivity (Wildman–Crippen MR) is 93.1 cm³/mol. The Hall–Kier alpha value is -2.37. The van der Waals surface area contributed by atoms with Crippen LogP contribution in [0.15, 0.2) is 60.0 Å². The van der Waals surface area contributed by atoms with E-state index < -0.39 is 0 Å². The normalized spacial score (nSPS) is 10.3. The third-order valence-electron chi connectivity index (χ3n) is 2.99. The highest BCUT2D eigenvalue weighted by Crippen LogP contribution is 2.24. The molecular formula is C17H13ClN2O2S. The Balaban J connectivity index is 1.57. The molecule has 0 aliphatic heterocycles. The molecule has 1 aromatic heterocycles. The number of rotatable bonds is 5. The summed E-state index contributed by atoms with van der Waals surface area (Å²) in [6, 6.07) is 16.7. The Labute approximate surface area is 142 Å². The van der Waals surface area contributed by atoms with E-state index in [-0.39, 0.29) is 12.5 Å². The molecule has 0 saturated heterocycles. The summed E-state index contributed by atoms with van der Waals surface area (Å²) in [5, 5.41) is 5.74. The minimum Gasteiger partial charge on any atom is -0.484 e. The first kappa shape index (κ1) is 15.5. The zero-order valence-electron chi connectivity index (χ0n) is 12.0. The molecule has 1 N–H and O–H groups in total. The number of hydrogen-bond donors (Lipinski definition) is 1. The van der Waals surface area contributed by atoms with E-state index in [0.717, 1.165) is 11.3 Å². The van der Waals surface area contributed by atoms with Gasteiger partial charge in [-0.3, -0.25) is 10.1 Å². The maximum Gasteiger partial charge on any atom is 0.264 e. The van der Waals surface area contributed by atoms with Crippen molar-refractivity contribution in [1.82, 2.24) is 4.98 Å². The van der Waals surface area contributed by atoms with E-state index in [1.807, 2.05) is 35.7 Å². The first-order chi connectivity index (χ1) is 11.2. The fourth-order valence-electron chi connectivity index (χ4n) is 1.93. The molecule has 0 saturated carbocycles. The van der Waals surface area contributed by atoms with Crippen LogP contribution in [0, 0.1) is 0 Å². The fourth-order valence-corrected chi connectivity index (χ4v) is 2.85. The largest absolute Gasteiger partial charge is 0.484 e. The predicted octanol–water partition coefficient (Wildman–Crippen LogP) is 4.48. The lowest BCUT2D eigenvalue weighted by atomic mass is 10.2. The lowest BCUT2D eigenvalue weighted by Gasteiger charge is -2.05. The van der Waals surface area contributed by atoms with Gasteiger partial charge in [-0.25, -0.2) is 4.98 Å². The highest BCUT2D eigenvalue weighted by molar-refractivity contribution is 7.14. The van der Waals surface area contributed by atoms with Crippen molar-refractivity contribution in [3.8, 4) is 17.0 Å². The number of hydrogen-bond acceptors (Lipinski definition) is 4. The highest BCUT2D eigenvalue weighted by Gasteiger charge is 2.08. The third-order valence-corrected chi connectivity index (χ3v) is 3.98. The van der Waals surface area contributed by atoms with Crippen molar-refractivity contribution in [3.63, 3.8) is 0 Å². The molecule has 0 aliphatic carbocycles. The van der Waals surface area contributed by atoms with Crippen molar-refractivity contribution in [2.45, 2.75) is 0 Å². The molecule has 116 valence electrons. The molecule has 23 heavy (non-hydrogen) atoms. The molecule has 0 spiro atoms. The van der Waals surface area contributed by atoms with Gasteiger partial charge in [0.05, 0.1) is 5.69 Å². The molecule has 0 bridgehead atoms. The van der Waals surface area contributed by atoms with Crippen molar-refractivity contribution < 1.29 is 9.53 Å². The molecule has 4 nitrogen and oxygen atoms in total. The summed E-state index contributed by atoms with van der Waals surface area (Å²) in [6.07, 6.45) is 0. The summed E-state index contributed by atoms with van der Waals surface area (Å²) in [5.41, 5.74) is 1.85. The number of halogens is 1. The van der Waals surface area contributed by atoms with Gasteiger partial charge in [-0.1, -0.05) is 48.0 Å². The molecule has 0 radical (unpaired) electrons. The van der Waals surface area contributed by atoms with E-state index in [0.29, 0.717) is 15.9 Å². The van der Waals surface area contributed by atoms with Gasteiger partial charge in [0.2, 0.25) is 0 Å². The van der Waals surface area contributed by atoms with Gasteiger partial charge in [0.15, 0.2) is 11.7 Å². The summed E-state index contributed by atoms with van der Waals surface area (Å²) in [7, 11) is 0. The number of anilines is 1. The van der Waals surface area contributed by atoms with Gasteiger partial charge in [0.25, 0.3) is 5.91 Å². The fraction of sp³-hybridized carbons (Fsp3) is 0.0588. The lowest BCUT2D eigenvalue weighted by Crippen LogP contribution is -2.20. The van der Waals surface area contributed by atoms with Crippen LogP contribution < -0.4 is 10.1 Å². The molecule has 3 aromatic rings. The number of carbonyl (C=O) groups excluding carboxylic acids is 1. The first-order valence-corrected chi connectivity index (χ1v) is 8.15. The summed E-state index contributed by atoms with van der Waals surface area (Å²) in [4.78, 5) is 16.3. The Bertz CT molecular complexity index is 805. The molecule has 1 heterocycles. The first-order valence-electron chi connectivity index (χ1n) is 6.90. The van der Waals surface area contributed by atoms with Crippen LogP contribution >= 0.6 is 22.9 Å². The van der Waals surface area contributed by atoms with Gasteiger partial charge in [0.1, 0.15) is 5.75 Å². The van der Waals surface area contributed by atoms with Gasteiger partial charge in [0, 0.05) is 16.0 Å². The third kappa shape index (κ3) is 4.31. The zero-order chi connectivity index (χ0) is 16.1. The average Bonchev–Trinajstić information content (AvgIpc) is 3.02. The van der Waals surface area contributed by atoms with Crippen LogP contribution in [0.1, 0.15) is 0 Å². The molecule has 0 atom stereocenters. The van der Waals surface area contributed by atoms with E-state index in [2.05, 4.69) is 10.3 Å². The number of nitrogens with one attached hydrogen (secondary N) is 1. The molecule has 6 heteroatoms. The number of nitrogens with zero attached hydrogens (tertiary/aromatic N) is 1. The minimum atomic E-state index is -0.265. The SMILES string of the molecule is O=C(COc1cccc(Cl)c1)Nc1nc(-c2ccccc2)cs1. The van der Waals surface area contributed by atoms with Crippen LogP contribution in [0.4, 0.5) is 5.13 Å². The molecule has 3 rings (SSSR count). The van der Waals surface area contributed by atoms with Crippen molar-refractivity contribution in [3.05, 3.63) is 65.0 Å². The zero-order valence-corrected chi connectivity index (χ0v) is 13.6. The van der Waals surface area contributed by atoms with E-state index in [9.17, 15) is 4.79 Å². The van der Waals surface area contributed by atoms with Gasteiger partial charge < -0.3 is 4.74 Å². The van der Waals surface area contributed by atoms with Crippen LogP contribution in [0.2, 0.25) is 5.02 Å². The topological polar surface area (TPSA) is 51.2 Å². The van der Waals surface area contributed by atoms with Crippen LogP contribution in [-0.4, -0.2) is 17.5 Å². The van der Waals surface area contributed by atoms with Crippen molar-refractivity contribution in [2.75, 3.05) is 11.9 Å². The second kappa shape index (κ2) is 7.26. The highest BCUT2D eigenvalue weighted by atomic mass is 35.5. The number of amides is 1. The smallest absolute Gasteiger partial charge is 0.264 e. The summed E-state index contributed by atoms with van der Waals surface area (Å²) < 4.78 is 5.39. The van der Waals surface area contributed by atoms with Gasteiger partial charge in [-0.05, 0) is 18.2 Å². The lowest BCUT2D eigenvalue weighted by molar-refractivity contribution is -0.118. The Kier molecular flexibility index (Phi) is 4.90. The Morgan fingerprint density at radius 1 is 1.17 bits per heavy atom. The summed E-state index contributed by atoms with van der Waals surface area (Å²) >= 11 is 7.24. The Morgan fingerprint density at radius 3 is 2.78 bits per heavy atom. The molecule has 1 amide bonds. The van der Waals surface area contributed by atoms with E-state index in [1.54, 1.807) is 24.3 Å². The van der Waals surface area contributed by atoms with Crippen molar-refractivity contribution in [1.29, 1.82) is 0 Å². The molecule has 2 aromatic carbocycles. The van der Waals surface area contributed by atoms with Crippen LogP contribution in [-0.2, 0) is 4.79 Å². The monoisotopic (exact) mass is 344 g/mol. The second-order valence-corrected chi connectivity index (χ2v) is 5.99. The quantitative estimate of drug-likeness (QED) is 0.742. The average molecular weight is 345 g/mol. The maximum absolute atomic E-state index is 11.9. The number of thiazole rings is 1. The molecule has 0 aliphatic rings. The summed E-state index contributed by atoms with van der Waals surface area (Å²) in [5.74, 6) is 0.288. The Morgan fingerprint density at radius 2 is 2.00 bits per heavy atom. The van der Waals surface area contributed by atoms with Gasteiger partial charge in [-0.15, -0.1) is 11.3 Å². The van der Waals surface area contributed by atoms with E-state index in [1.165, 1.54) is 11.3 Å². The van der Waals surface area contributed by atoms with Gasteiger partial charge in [-0.2, -0.15) is 0 Å². The van der Waals surface area contributed by atoms with Crippen LogP contribution in [0.3, 0.4) is 0 Å². The number of carbonyl (C=O) groups is 1. The van der Waals surface area contributed by atoms with Crippen LogP contribution in [0.25, 0.3) is 11.3 Å². The minimum absolute atomic E-state index is 0.0966. The number of ether oxygens (including phenoxy) is 1. The molecular weight excluding hydrogens is 332 g/mol. The maximum atomic E-state index is 11.9. The molecule has 0 fully saturated rings. The van der Waals surface area contributed by atoms with Crippen molar-refractivity contribution in [2.24, 2.45) is 0 Å². The second-order valence-electron chi connectivity index (χ2n) is 4.70. The van der Waals surface area contributed by atoms with Crippen LogP contribution in [0.5, 0.6) is 5.75 Å².